The lowest BCUT2D eigenvalue weighted by atomic mass is 10.0. The number of hydrogen-bond donors (Lipinski definition) is 1. The number of carbonyl (C=O) groups excluding carboxylic acids is 2. The third kappa shape index (κ3) is 6.55. The molecular formula is C28H29ClN2O4. The van der Waals surface area contributed by atoms with Gasteiger partial charge in [-0.05, 0) is 47.4 Å². The van der Waals surface area contributed by atoms with Crippen LogP contribution in [0.5, 0.6) is 11.5 Å². The fourth-order valence-electron chi connectivity index (χ4n) is 4.19. The zero-order valence-electron chi connectivity index (χ0n) is 19.7. The Labute approximate surface area is 210 Å². The third-order valence-electron chi connectivity index (χ3n) is 5.99. The van der Waals surface area contributed by atoms with Crippen LogP contribution in [0.4, 0.5) is 0 Å². The lowest BCUT2D eigenvalue weighted by Crippen LogP contribution is -2.49. The van der Waals surface area contributed by atoms with E-state index in [4.69, 9.17) is 21.1 Å². The van der Waals surface area contributed by atoms with Crippen LogP contribution in [-0.4, -0.2) is 43.0 Å². The van der Waals surface area contributed by atoms with Crippen molar-refractivity contribution in [1.29, 1.82) is 0 Å². The molecule has 35 heavy (non-hydrogen) atoms. The molecule has 1 atom stereocenters. The molecule has 1 N–H and O–H groups in total. The van der Waals surface area contributed by atoms with Crippen molar-refractivity contribution in [1.82, 2.24) is 10.2 Å². The van der Waals surface area contributed by atoms with E-state index < -0.39 is 6.04 Å². The number of rotatable bonds is 9. The van der Waals surface area contributed by atoms with Gasteiger partial charge in [-0.1, -0.05) is 60.1 Å². The van der Waals surface area contributed by atoms with E-state index in [9.17, 15) is 9.59 Å². The number of carbonyl (C=O) groups is 2. The Balaban J connectivity index is 1.56. The number of ether oxygens (including phenoxy) is 2. The molecule has 0 unspecified atom stereocenters. The standard InChI is InChI=1S/C28H29ClN2O4/c1-30-28(33)24(17-20-6-3-2-4-7-20)31(19-22-8-5-9-23(29)16-22)27(32)13-11-21-10-12-25-26(18-21)35-15-14-34-25/h2-10,12,16,18,24H,11,13-15,17,19H2,1H3,(H,30,33)/t24-/m0/s1. The van der Waals surface area contributed by atoms with Crippen LogP contribution in [0.15, 0.2) is 72.8 Å². The van der Waals surface area contributed by atoms with E-state index in [0.717, 1.165) is 22.4 Å². The van der Waals surface area contributed by atoms with Crippen LogP contribution in [0.2, 0.25) is 5.02 Å². The molecule has 0 aromatic heterocycles. The van der Waals surface area contributed by atoms with Gasteiger partial charge in [0.15, 0.2) is 11.5 Å². The molecule has 4 rings (SSSR count). The van der Waals surface area contributed by atoms with Gasteiger partial charge in [0, 0.05) is 31.5 Å². The molecule has 7 heteroatoms. The summed E-state index contributed by atoms with van der Waals surface area (Å²) < 4.78 is 11.3. The zero-order valence-corrected chi connectivity index (χ0v) is 20.5. The molecule has 0 saturated heterocycles. The number of hydrogen-bond acceptors (Lipinski definition) is 4. The Morgan fingerprint density at radius 1 is 0.914 bits per heavy atom. The van der Waals surface area contributed by atoms with Crippen molar-refractivity contribution in [2.45, 2.75) is 31.8 Å². The monoisotopic (exact) mass is 492 g/mol. The van der Waals surface area contributed by atoms with Crippen molar-refractivity contribution < 1.29 is 19.1 Å². The van der Waals surface area contributed by atoms with Crippen LogP contribution >= 0.6 is 11.6 Å². The molecule has 0 spiro atoms. The number of likely N-dealkylation sites (N-methyl/N-ethyl adjacent to an activating group) is 1. The quantitative estimate of drug-likeness (QED) is 0.480. The molecule has 1 aliphatic heterocycles. The minimum atomic E-state index is -0.658. The highest BCUT2D eigenvalue weighted by molar-refractivity contribution is 6.30. The maximum atomic E-state index is 13.6. The van der Waals surface area contributed by atoms with Gasteiger partial charge < -0.3 is 19.7 Å². The molecule has 1 aliphatic rings. The number of nitrogens with one attached hydrogen (secondary N) is 1. The van der Waals surface area contributed by atoms with E-state index in [0.29, 0.717) is 36.8 Å². The topological polar surface area (TPSA) is 67.9 Å². The van der Waals surface area contributed by atoms with Crippen LogP contribution < -0.4 is 14.8 Å². The van der Waals surface area contributed by atoms with Crippen LogP contribution in [0.3, 0.4) is 0 Å². The van der Waals surface area contributed by atoms with Crippen LogP contribution in [0.25, 0.3) is 0 Å². The van der Waals surface area contributed by atoms with Gasteiger partial charge in [0.05, 0.1) is 0 Å². The Morgan fingerprint density at radius 3 is 2.40 bits per heavy atom. The molecule has 0 bridgehead atoms. The molecule has 0 fully saturated rings. The van der Waals surface area contributed by atoms with Crippen LogP contribution in [0, 0.1) is 0 Å². The molecule has 0 radical (unpaired) electrons. The second kappa shape index (κ2) is 11.8. The van der Waals surface area contributed by atoms with Crippen molar-refractivity contribution in [3.05, 3.63) is 94.5 Å². The van der Waals surface area contributed by atoms with Gasteiger partial charge in [0.2, 0.25) is 11.8 Å². The maximum Gasteiger partial charge on any atom is 0.242 e. The fourth-order valence-corrected chi connectivity index (χ4v) is 4.40. The van der Waals surface area contributed by atoms with E-state index in [2.05, 4.69) is 5.32 Å². The highest BCUT2D eigenvalue weighted by atomic mass is 35.5. The first-order chi connectivity index (χ1) is 17.0. The predicted molar refractivity (Wildman–Crippen MR) is 136 cm³/mol. The fraction of sp³-hybridized carbons (Fsp3) is 0.286. The summed E-state index contributed by atoms with van der Waals surface area (Å²) in [4.78, 5) is 28.3. The van der Waals surface area contributed by atoms with Gasteiger partial charge in [-0.3, -0.25) is 9.59 Å². The highest BCUT2D eigenvalue weighted by Crippen LogP contribution is 2.31. The predicted octanol–water partition coefficient (Wildman–Crippen LogP) is 4.43. The highest BCUT2D eigenvalue weighted by Gasteiger charge is 2.29. The summed E-state index contributed by atoms with van der Waals surface area (Å²) in [6, 6.07) is 22.2. The molecule has 1 heterocycles. The summed E-state index contributed by atoms with van der Waals surface area (Å²) in [6.45, 7) is 1.33. The summed E-state index contributed by atoms with van der Waals surface area (Å²) in [6.07, 6.45) is 1.19. The van der Waals surface area contributed by atoms with Crippen molar-refractivity contribution in [2.75, 3.05) is 20.3 Å². The first-order valence-electron chi connectivity index (χ1n) is 11.7. The van der Waals surface area contributed by atoms with Gasteiger partial charge >= 0.3 is 0 Å². The third-order valence-corrected chi connectivity index (χ3v) is 6.23. The Kier molecular flexibility index (Phi) is 8.27. The first kappa shape index (κ1) is 24.6. The summed E-state index contributed by atoms with van der Waals surface area (Å²) in [7, 11) is 1.59. The number of halogens is 1. The van der Waals surface area contributed by atoms with Gasteiger partial charge in [-0.2, -0.15) is 0 Å². The normalized spacial score (nSPS) is 13.1. The lowest BCUT2D eigenvalue weighted by Gasteiger charge is -2.31. The first-order valence-corrected chi connectivity index (χ1v) is 12.1. The van der Waals surface area contributed by atoms with E-state index in [1.165, 1.54) is 0 Å². The smallest absolute Gasteiger partial charge is 0.242 e. The Morgan fingerprint density at radius 2 is 1.66 bits per heavy atom. The van der Waals surface area contributed by atoms with Gasteiger partial charge in [0.1, 0.15) is 19.3 Å². The SMILES string of the molecule is CNC(=O)[C@H](Cc1ccccc1)N(Cc1cccc(Cl)c1)C(=O)CCc1ccc2c(c1)OCCO2. The zero-order chi connectivity index (χ0) is 24.6. The second-order valence-corrected chi connectivity index (χ2v) is 8.89. The average Bonchev–Trinajstić information content (AvgIpc) is 2.89. The lowest BCUT2D eigenvalue weighted by molar-refractivity contribution is -0.141. The number of aryl methyl sites for hydroxylation is 1. The van der Waals surface area contributed by atoms with E-state index in [1.807, 2.05) is 66.7 Å². The molecule has 3 aromatic carbocycles. The van der Waals surface area contributed by atoms with Crippen molar-refractivity contribution in [3.63, 3.8) is 0 Å². The largest absolute Gasteiger partial charge is 0.486 e. The Bertz CT molecular complexity index is 1170. The number of benzene rings is 3. The minimum absolute atomic E-state index is 0.107. The van der Waals surface area contributed by atoms with E-state index in [1.54, 1.807) is 18.0 Å². The number of amides is 2. The van der Waals surface area contributed by atoms with Crippen molar-refractivity contribution in [3.8, 4) is 11.5 Å². The van der Waals surface area contributed by atoms with E-state index in [-0.39, 0.29) is 24.8 Å². The van der Waals surface area contributed by atoms with E-state index >= 15 is 0 Å². The van der Waals surface area contributed by atoms with Gasteiger partial charge in [-0.25, -0.2) is 0 Å². The minimum Gasteiger partial charge on any atom is -0.486 e. The summed E-state index contributed by atoms with van der Waals surface area (Å²) in [5.74, 6) is 1.11. The second-order valence-electron chi connectivity index (χ2n) is 8.45. The number of nitrogens with zero attached hydrogens (tertiary/aromatic N) is 1. The Hall–Kier alpha value is -3.51. The summed E-state index contributed by atoms with van der Waals surface area (Å²) in [5.41, 5.74) is 2.83. The molecular weight excluding hydrogens is 464 g/mol. The molecule has 6 nitrogen and oxygen atoms in total. The molecule has 0 aliphatic carbocycles. The van der Waals surface area contributed by atoms with Gasteiger partial charge in [0.25, 0.3) is 0 Å². The van der Waals surface area contributed by atoms with Crippen molar-refractivity contribution >= 4 is 23.4 Å². The number of fused-ring (bicyclic) bond motifs is 1. The molecule has 0 saturated carbocycles. The molecule has 182 valence electrons. The van der Waals surface area contributed by atoms with Crippen LogP contribution in [0.1, 0.15) is 23.1 Å². The molecule has 3 aromatic rings. The van der Waals surface area contributed by atoms with Gasteiger partial charge in [-0.15, -0.1) is 0 Å². The van der Waals surface area contributed by atoms with Crippen molar-refractivity contribution in [2.24, 2.45) is 0 Å². The maximum absolute atomic E-state index is 13.6. The molecule has 2 amide bonds. The average molecular weight is 493 g/mol. The summed E-state index contributed by atoms with van der Waals surface area (Å²) in [5, 5.41) is 3.33. The van der Waals surface area contributed by atoms with Crippen LogP contribution in [-0.2, 0) is 29.0 Å². The summed E-state index contributed by atoms with van der Waals surface area (Å²) >= 11 is 6.20.